The average molecular weight is 253 g/mol. The molecule has 1 saturated heterocycles. The summed E-state index contributed by atoms with van der Waals surface area (Å²) in [4.78, 5) is 2.51. The van der Waals surface area contributed by atoms with Crippen LogP contribution < -0.4 is 0 Å². The summed E-state index contributed by atoms with van der Waals surface area (Å²) in [6.45, 7) is 3.60. The van der Waals surface area contributed by atoms with Gasteiger partial charge in [-0.3, -0.25) is 4.90 Å². The molecule has 0 N–H and O–H groups in total. The zero-order chi connectivity index (χ0) is 12.9. The van der Waals surface area contributed by atoms with Gasteiger partial charge in [0, 0.05) is 13.1 Å². The van der Waals surface area contributed by atoms with Crippen LogP contribution in [-0.4, -0.2) is 24.7 Å². The molecule has 3 rings (SSSR count). The zero-order valence-electron chi connectivity index (χ0n) is 11.0. The summed E-state index contributed by atoms with van der Waals surface area (Å²) in [5.74, 6) is 0. The quantitative estimate of drug-likeness (QED) is 0.832. The molecule has 1 fully saturated rings. The highest BCUT2D eigenvalue weighted by Gasteiger charge is 2.24. The van der Waals surface area contributed by atoms with Crippen LogP contribution in [0.3, 0.4) is 0 Å². The molecule has 0 bridgehead atoms. The maximum absolute atomic E-state index is 5.66. The summed E-state index contributed by atoms with van der Waals surface area (Å²) in [7, 11) is 0. The molecule has 1 aliphatic rings. The van der Waals surface area contributed by atoms with E-state index < -0.39 is 0 Å². The Labute approximate surface area is 114 Å². The van der Waals surface area contributed by atoms with E-state index in [-0.39, 0.29) is 0 Å². The van der Waals surface area contributed by atoms with E-state index in [9.17, 15) is 0 Å². The minimum absolute atomic E-state index is 0.371. The van der Waals surface area contributed by atoms with Gasteiger partial charge < -0.3 is 4.74 Å². The standard InChI is InChI=1S/C17H19NO/c1-3-7-15(8-4-1)13-18-11-12-19-14-17(18)16-9-5-2-6-10-16/h1-10,17H,11-14H2/t17-/m1/s1. The summed E-state index contributed by atoms with van der Waals surface area (Å²) in [5, 5.41) is 0. The lowest BCUT2D eigenvalue weighted by Gasteiger charge is -2.36. The van der Waals surface area contributed by atoms with Crippen LogP contribution in [0.4, 0.5) is 0 Å². The number of nitrogens with zero attached hydrogens (tertiary/aromatic N) is 1. The normalized spacial score (nSPS) is 20.3. The maximum Gasteiger partial charge on any atom is 0.0664 e. The molecular formula is C17H19NO. The van der Waals surface area contributed by atoms with E-state index in [0.717, 1.165) is 26.3 Å². The van der Waals surface area contributed by atoms with Gasteiger partial charge in [-0.2, -0.15) is 0 Å². The third-order valence-electron chi connectivity index (χ3n) is 3.65. The van der Waals surface area contributed by atoms with Crippen LogP contribution in [0.25, 0.3) is 0 Å². The summed E-state index contributed by atoms with van der Waals surface area (Å²) in [5.41, 5.74) is 2.71. The van der Waals surface area contributed by atoms with E-state index in [0.29, 0.717) is 6.04 Å². The van der Waals surface area contributed by atoms with Crippen LogP contribution >= 0.6 is 0 Å². The lowest BCUT2D eigenvalue weighted by Crippen LogP contribution is -2.38. The fraction of sp³-hybridized carbons (Fsp3) is 0.294. The Bertz CT molecular complexity index is 497. The number of hydrogen-bond acceptors (Lipinski definition) is 2. The van der Waals surface area contributed by atoms with Crippen LogP contribution in [-0.2, 0) is 11.3 Å². The van der Waals surface area contributed by atoms with Gasteiger partial charge >= 0.3 is 0 Å². The summed E-state index contributed by atoms with van der Waals surface area (Å²) >= 11 is 0. The van der Waals surface area contributed by atoms with Crippen molar-refractivity contribution in [1.82, 2.24) is 4.90 Å². The van der Waals surface area contributed by atoms with Crippen molar-refractivity contribution in [2.45, 2.75) is 12.6 Å². The van der Waals surface area contributed by atoms with Crippen molar-refractivity contribution in [3.8, 4) is 0 Å². The van der Waals surface area contributed by atoms with E-state index in [1.165, 1.54) is 11.1 Å². The fourth-order valence-corrected chi connectivity index (χ4v) is 2.63. The predicted octanol–water partition coefficient (Wildman–Crippen LogP) is 3.26. The van der Waals surface area contributed by atoms with Crippen LogP contribution in [0, 0.1) is 0 Å². The predicted molar refractivity (Wildman–Crippen MR) is 76.9 cm³/mol. The number of hydrogen-bond donors (Lipinski definition) is 0. The molecule has 2 aromatic rings. The minimum atomic E-state index is 0.371. The second kappa shape index (κ2) is 6.00. The molecule has 0 spiro atoms. The highest BCUT2D eigenvalue weighted by atomic mass is 16.5. The fourth-order valence-electron chi connectivity index (χ4n) is 2.63. The number of ether oxygens (including phenoxy) is 1. The molecule has 0 radical (unpaired) electrons. The molecule has 2 aromatic carbocycles. The van der Waals surface area contributed by atoms with Crippen LogP contribution in [0.1, 0.15) is 17.2 Å². The lowest BCUT2D eigenvalue weighted by atomic mass is 10.0. The second-order valence-electron chi connectivity index (χ2n) is 4.96. The Hall–Kier alpha value is -1.64. The monoisotopic (exact) mass is 253 g/mol. The second-order valence-corrected chi connectivity index (χ2v) is 4.96. The maximum atomic E-state index is 5.66. The molecule has 0 saturated carbocycles. The van der Waals surface area contributed by atoms with Gasteiger partial charge in [0.1, 0.15) is 0 Å². The lowest BCUT2D eigenvalue weighted by molar-refractivity contribution is -0.0127. The highest BCUT2D eigenvalue weighted by molar-refractivity contribution is 5.21. The van der Waals surface area contributed by atoms with Gasteiger partial charge in [0.25, 0.3) is 0 Å². The Morgan fingerprint density at radius 3 is 2.37 bits per heavy atom. The van der Waals surface area contributed by atoms with Crippen molar-refractivity contribution in [3.05, 3.63) is 71.8 Å². The van der Waals surface area contributed by atoms with Gasteiger partial charge in [-0.25, -0.2) is 0 Å². The molecule has 2 heteroatoms. The topological polar surface area (TPSA) is 12.5 Å². The Morgan fingerprint density at radius 1 is 0.947 bits per heavy atom. The largest absolute Gasteiger partial charge is 0.378 e. The van der Waals surface area contributed by atoms with Gasteiger partial charge in [-0.05, 0) is 11.1 Å². The van der Waals surface area contributed by atoms with Crippen molar-refractivity contribution in [2.75, 3.05) is 19.8 Å². The van der Waals surface area contributed by atoms with E-state index in [1.54, 1.807) is 0 Å². The third-order valence-corrected chi connectivity index (χ3v) is 3.65. The van der Waals surface area contributed by atoms with Crippen LogP contribution in [0.5, 0.6) is 0 Å². The average Bonchev–Trinajstić information content (AvgIpc) is 2.50. The minimum Gasteiger partial charge on any atom is -0.378 e. The molecule has 0 aliphatic carbocycles. The number of benzene rings is 2. The summed E-state index contributed by atoms with van der Waals surface area (Å²) < 4.78 is 5.66. The first-order valence-electron chi connectivity index (χ1n) is 6.84. The van der Waals surface area contributed by atoms with E-state index in [4.69, 9.17) is 4.74 Å². The van der Waals surface area contributed by atoms with Gasteiger partial charge in [-0.15, -0.1) is 0 Å². The van der Waals surface area contributed by atoms with Gasteiger partial charge in [0.05, 0.1) is 19.3 Å². The van der Waals surface area contributed by atoms with Crippen molar-refractivity contribution in [2.24, 2.45) is 0 Å². The number of morpholine rings is 1. The molecule has 98 valence electrons. The molecule has 1 aliphatic heterocycles. The molecule has 19 heavy (non-hydrogen) atoms. The van der Waals surface area contributed by atoms with E-state index in [2.05, 4.69) is 65.6 Å². The third kappa shape index (κ3) is 3.03. The molecule has 1 atom stereocenters. The molecule has 1 heterocycles. The first-order valence-corrected chi connectivity index (χ1v) is 6.84. The van der Waals surface area contributed by atoms with Gasteiger partial charge in [0.15, 0.2) is 0 Å². The molecule has 0 aromatic heterocycles. The molecule has 0 amide bonds. The first kappa shape index (κ1) is 12.4. The first-order chi connectivity index (χ1) is 9.43. The smallest absolute Gasteiger partial charge is 0.0664 e. The molecule has 0 unspecified atom stereocenters. The van der Waals surface area contributed by atoms with Gasteiger partial charge in [-0.1, -0.05) is 60.7 Å². The van der Waals surface area contributed by atoms with E-state index in [1.807, 2.05) is 0 Å². The zero-order valence-corrected chi connectivity index (χ0v) is 11.0. The Morgan fingerprint density at radius 2 is 1.63 bits per heavy atom. The summed E-state index contributed by atoms with van der Waals surface area (Å²) in [6, 6.07) is 21.7. The van der Waals surface area contributed by atoms with Crippen molar-refractivity contribution in [1.29, 1.82) is 0 Å². The number of rotatable bonds is 3. The van der Waals surface area contributed by atoms with Crippen molar-refractivity contribution in [3.63, 3.8) is 0 Å². The van der Waals surface area contributed by atoms with Crippen LogP contribution in [0.2, 0.25) is 0 Å². The Balaban J connectivity index is 1.78. The van der Waals surface area contributed by atoms with Crippen molar-refractivity contribution >= 4 is 0 Å². The Kier molecular flexibility index (Phi) is 3.92. The highest BCUT2D eigenvalue weighted by Crippen LogP contribution is 2.25. The molecule has 2 nitrogen and oxygen atoms in total. The molecular weight excluding hydrogens is 234 g/mol. The van der Waals surface area contributed by atoms with E-state index >= 15 is 0 Å². The van der Waals surface area contributed by atoms with Crippen molar-refractivity contribution < 1.29 is 4.74 Å². The van der Waals surface area contributed by atoms with Gasteiger partial charge in [0.2, 0.25) is 0 Å². The van der Waals surface area contributed by atoms with Crippen LogP contribution in [0.15, 0.2) is 60.7 Å². The summed E-state index contributed by atoms with van der Waals surface area (Å²) in [6.07, 6.45) is 0. The SMILES string of the molecule is c1ccc(CN2CCOC[C@@H]2c2ccccc2)cc1.